The van der Waals surface area contributed by atoms with Crippen LogP contribution in [-0.4, -0.2) is 30.5 Å². The molecule has 0 atom stereocenters. The van der Waals surface area contributed by atoms with Crippen molar-refractivity contribution in [1.29, 1.82) is 5.26 Å². The third kappa shape index (κ3) is 5.44. The minimum atomic E-state index is -0.699. The van der Waals surface area contributed by atoms with Gasteiger partial charge in [-0.3, -0.25) is 14.5 Å². The van der Waals surface area contributed by atoms with Crippen LogP contribution in [0.15, 0.2) is 36.4 Å². The van der Waals surface area contributed by atoms with Crippen LogP contribution >= 0.6 is 12.2 Å². The summed E-state index contributed by atoms with van der Waals surface area (Å²) in [6, 6.07) is 11.1. The molecule has 0 saturated carbocycles. The third-order valence-corrected chi connectivity index (χ3v) is 4.69. The number of thiocarbonyl (C=S) groups is 1. The Labute approximate surface area is 188 Å². The largest absolute Gasteiger partial charge is 0.355 e. The summed E-state index contributed by atoms with van der Waals surface area (Å²) in [5, 5.41) is 11.6. The number of benzene rings is 2. The molecule has 164 valence electrons. The highest BCUT2D eigenvalue weighted by molar-refractivity contribution is 7.81. The molecule has 1 saturated heterocycles. The van der Waals surface area contributed by atoms with E-state index in [-0.39, 0.29) is 23.1 Å². The predicted molar refractivity (Wildman–Crippen MR) is 126 cm³/mol. The molecule has 1 fully saturated rings. The molecule has 0 aromatic heterocycles. The van der Waals surface area contributed by atoms with Crippen LogP contribution in [0.4, 0.5) is 15.8 Å². The lowest BCUT2D eigenvalue weighted by Crippen LogP contribution is -2.33. The Morgan fingerprint density at radius 1 is 1.13 bits per heavy atom. The average Bonchev–Trinajstić information content (AvgIpc) is 3.09. The number of hydrogen-bond donors (Lipinski definition) is 1. The minimum Gasteiger partial charge on any atom is -0.355 e. The van der Waals surface area contributed by atoms with Gasteiger partial charge in [0.05, 0.1) is 22.9 Å². The van der Waals surface area contributed by atoms with Gasteiger partial charge in [0, 0.05) is 12.7 Å². The van der Waals surface area contributed by atoms with Gasteiger partial charge in [-0.15, -0.1) is 0 Å². The first kappa shape index (κ1) is 25.7. The summed E-state index contributed by atoms with van der Waals surface area (Å²) in [6.45, 7) is 9.73. The Balaban J connectivity index is 0.00000113. The summed E-state index contributed by atoms with van der Waals surface area (Å²) in [5.41, 5.74) is 2.08. The molecule has 2 aromatic carbocycles. The Morgan fingerprint density at radius 2 is 1.74 bits per heavy atom. The fourth-order valence-electron chi connectivity index (χ4n) is 2.86. The minimum absolute atomic E-state index is 0.0450. The molecule has 3 rings (SSSR count). The molecular formula is C23H27FN4O2S. The van der Waals surface area contributed by atoms with E-state index >= 15 is 0 Å². The van der Waals surface area contributed by atoms with Crippen LogP contribution in [0.5, 0.6) is 0 Å². The molecule has 1 aliphatic heterocycles. The molecule has 6 nitrogen and oxygen atoms in total. The van der Waals surface area contributed by atoms with E-state index in [4.69, 9.17) is 17.5 Å². The number of nitrogens with zero attached hydrogens (tertiary/aromatic N) is 3. The van der Waals surface area contributed by atoms with Gasteiger partial charge >= 0.3 is 0 Å². The van der Waals surface area contributed by atoms with E-state index in [0.29, 0.717) is 16.9 Å². The van der Waals surface area contributed by atoms with Crippen molar-refractivity contribution in [3.63, 3.8) is 0 Å². The summed E-state index contributed by atoms with van der Waals surface area (Å²) in [5.74, 6) is -1.50. The molecule has 8 heteroatoms. The molecule has 0 aliphatic carbocycles. The number of carbonyl (C=O) groups excluding carboxylic acids is 2. The highest BCUT2D eigenvalue weighted by Gasteiger charge is 2.35. The van der Waals surface area contributed by atoms with E-state index in [9.17, 15) is 14.0 Å². The van der Waals surface area contributed by atoms with Crippen molar-refractivity contribution in [1.82, 2.24) is 5.32 Å². The van der Waals surface area contributed by atoms with Crippen molar-refractivity contribution in [2.24, 2.45) is 0 Å². The number of halogens is 1. The molecule has 2 amide bonds. The average molecular weight is 443 g/mol. The van der Waals surface area contributed by atoms with Crippen LogP contribution in [0.3, 0.4) is 0 Å². The molecule has 1 heterocycles. The van der Waals surface area contributed by atoms with Gasteiger partial charge in [-0.25, -0.2) is 4.39 Å². The molecule has 31 heavy (non-hydrogen) atoms. The molecule has 1 aliphatic rings. The zero-order valence-corrected chi connectivity index (χ0v) is 19.4. The molecule has 1 N–H and O–H groups in total. The van der Waals surface area contributed by atoms with Crippen LogP contribution in [0, 0.1) is 24.1 Å². The summed E-state index contributed by atoms with van der Waals surface area (Å²) in [6.07, 6.45) is 0. The lowest BCUT2D eigenvalue weighted by Gasteiger charge is -2.21. The van der Waals surface area contributed by atoms with E-state index < -0.39 is 11.7 Å². The smallest absolute Gasteiger partial charge is 0.253 e. The number of hydrogen-bond acceptors (Lipinski definition) is 4. The van der Waals surface area contributed by atoms with E-state index in [1.807, 2.05) is 27.7 Å². The topological polar surface area (TPSA) is 76.4 Å². The number of amides is 2. The molecule has 0 radical (unpaired) electrons. The van der Waals surface area contributed by atoms with Crippen LogP contribution in [-0.2, 0) is 4.79 Å². The predicted octanol–water partition coefficient (Wildman–Crippen LogP) is 4.56. The number of anilines is 2. The van der Waals surface area contributed by atoms with Crippen molar-refractivity contribution in [3.8, 4) is 6.07 Å². The van der Waals surface area contributed by atoms with Crippen molar-refractivity contribution in [3.05, 3.63) is 58.9 Å². The van der Waals surface area contributed by atoms with Crippen molar-refractivity contribution >= 4 is 40.5 Å². The lowest BCUT2D eigenvalue weighted by atomic mass is 10.1. The van der Waals surface area contributed by atoms with Gasteiger partial charge in [0.2, 0.25) is 0 Å². The number of aryl methyl sites for hydroxylation is 1. The van der Waals surface area contributed by atoms with Crippen LogP contribution in [0.2, 0.25) is 0 Å². The second kappa shape index (κ2) is 11.8. The van der Waals surface area contributed by atoms with Gasteiger partial charge in [0.25, 0.3) is 11.8 Å². The summed E-state index contributed by atoms with van der Waals surface area (Å²) >= 11 is 5.42. The Kier molecular flexibility index (Phi) is 9.77. The first-order chi connectivity index (χ1) is 14.9. The third-order valence-electron chi connectivity index (χ3n) is 4.29. The van der Waals surface area contributed by atoms with E-state index in [0.717, 1.165) is 5.56 Å². The molecular weight excluding hydrogens is 415 g/mol. The number of nitriles is 1. The highest BCUT2D eigenvalue weighted by atomic mass is 32.1. The van der Waals surface area contributed by atoms with Gasteiger partial charge in [-0.2, -0.15) is 5.26 Å². The zero-order valence-electron chi connectivity index (χ0n) is 18.6. The van der Waals surface area contributed by atoms with Crippen molar-refractivity contribution in [2.45, 2.75) is 34.6 Å². The first-order valence-electron chi connectivity index (χ1n) is 10.0. The number of carbonyl (C=O) groups is 2. The second-order valence-corrected chi connectivity index (χ2v) is 6.32. The monoisotopic (exact) mass is 442 g/mol. The van der Waals surface area contributed by atoms with Crippen LogP contribution < -0.4 is 15.1 Å². The maximum absolute atomic E-state index is 14.3. The maximum Gasteiger partial charge on any atom is 0.253 e. The van der Waals surface area contributed by atoms with Crippen molar-refractivity contribution in [2.75, 3.05) is 23.4 Å². The molecule has 0 spiro atoms. The molecule has 0 bridgehead atoms. The molecule has 0 unspecified atom stereocenters. The molecule has 2 aromatic rings. The fourth-order valence-corrected chi connectivity index (χ4v) is 3.24. The standard InChI is InChI=1S/C19H15FN4O2S.2C2H6/c1-11-7-14(4-3-12(11)9-21)24-17(25)10-23(19(24)27)13-5-6-15(16(20)8-13)18(26)22-2;2*1-2/h3-8H,10H2,1-2H3,(H,22,26);2*1-2H3. The summed E-state index contributed by atoms with van der Waals surface area (Å²) in [7, 11) is 1.42. The maximum atomic E-state index is 14.3. The van der Waals surface area contributed by atoms with Gasteiger partial charge in [-0.05, 0) is 61.1 Å². The highest BCUT2D eigenvalue weighted by Crippen LogP contribution is 2.28. The zero-order chi connectivity index (χ0) is 23.7. The fraction of sp³-hybridized carbons (Fsp3) is 0.304. The van der Waals surface area contributed by atoms with Crippen LogP contribution in [0.1, 0.15) is 49.2 Å². The lowest BCUT2D eigenvalue weighted by molar-refractivity contribution is -0.115. The quantitative estimate of drug-likeness (QED) is 0.706. The number of rotatable bonds is 3. The van der Waals surface area contributed by atoms with Crippen LogP contribution in [0.25, 0.3) is 0 Å². The Morgan fingerprint density at radius 3 is 2.26 bits per heavy atom. The van der Waals surface area contributed by atoms with E-state index in [2.05, 4.69) is 11.4 Å². The first-order valence-corrected chi connectivity index (χ1v) is 10.4. The van der Waals surface area contributed by atoms with Crippen molar-refractivity contribution < 1.29 is 14.0 Å². The van der Waals surface area contributed by atoms with E-state index in [1.165, 1.54) is 29.0 Å². The Bertz CT molecular complexity index is 1020. The summed E-state index contributed by atoms with van der Waals surface area (Å²) in [4.78, 5) is 27.0. The van der Waals surface area contributed by atoms with Gasteiger partial charge in [0.1, 0.15) is 12.4 Å². The van der Waals surface area contributed by atoms with Gasteiger partial charge in [-0.1, -0.05) is 27.7 Å². The number of nitrogens with one attached hydrogen (secondary N) is 1. The van der Waals surface area contributed by atoms with Gasteiger partial charge in [0.15, 0.2) is 5.11 Å². The van der Waals surface area contributed by atoms with Gasteiger partial charge < -0.3 is 10.2 Å². The normalized spacial score (nSPS) is 12.3. The SMILES string of the molecule is CC.CC.CNC(=O)c1ccc(N2CC(=O)N(c3ccc(C#N)c(C)c3)C2=S)cc1F. The van der Waals surface area contributed by atoms with E-state index in [1.54, 1.807) is 31.2 Å². The second-order valence-electron chi connectivity index (χ2n) is 5.95. The summed E-state index contributed by atoms with van der Waals surface area (Å²) < 4.78 is 14.3. The Hall–Kier alpha value is -3.31.